The highest BCUT2D eigenvalue weighted by Gasteiger charge is 2.06. The van der Waals surface area contributed by atoms with Crippen LogP contribution in [0, 0.1) is 0 Å². The lowest BCUT2D eigenvalue weighted by atomic mass is 10.2. The fraction of sp³-hybridized carbons (Fsp3) is 0.294. The van der Waals surface area contributed by atoms with E-state index in [0.29, 0.717) is 17.5 Å². The van der Waals surface area contributed by atoms with E-state index in [4.69, 9.17) is 9.47 Å². The van der Waals surface area contributed by atoms with E-state index in [1.807, 2.05) is 36.4 Å². The van der Waals surface area contributed by atoms with Gasteiger partial charge >= 0.3 is 0 Å². The number of aliphatic imine (C=N–C) groups is 1. The van der Waals surface area contributed by atoms with E-state index < -0.39 is 0 Å². The summed E-state index contributed by atoms with van der Waals surface area (Å²) in [5.74, 6) is 2.05. The van der Waals surface area contributed by atoms with Crippen molar-refractivity contribution >= 4 is 11.6 Å². The summed E-state index contributed by atoms with van der Waals surface area (Å²) in [4.78, 5) is 8.51. The van der Waals surface area contributed by atoms with E-state index >= 15 is 0 Å². The Bertz CT molecular complexity index is 644. The Morgan fingerprint density at radius 3 is 2.61 bits per heavy atom. The second-order valence-corrected chi connectivity index (χ2v) is 4.76. The number of hydrogen-bond acceptors (Lipinski definition) is 4. The van der Waals surface area contributed by atoms with Crippen LogP contribution < -0.4 is 20.1 Å². The third-order valence-electron chi connectivity index (χ3n) is 3.27. The van der Waals surface area contributed by atoms with E-state index in [-0.39, 0.29) is 0 Å². The van der Waals surface area contributed by atoms with E-state index in [1.54, 1.807) is 27.5 Å². The third-order valence-corrected chi connectivity index (χ3v) is 3.27. The zero-order valence-electron chi connectivity index (χ0n) is 13.7. The van der Waals surface area contributed by atoms with Crippen LogP contribution in [0.1, 0.15) is 5.69 Å². The Morgan fingerprint density at radius 1 is 1.13 bits per heavy atom. The molecule has 1 heterocycles. The van der Waals surface area contributed by atoms with Crippen molar-refractivity contribution in [2.24, 2.45) is 4.99 Å². The van der Waals surface area contributed by atoms with Gasteiger partial charge in [0, 0.05) is 43.7 Å². The van der Waals surface area contributed by atoms with E-state index in [2.05, 4.69) is 20.6 Å². The minimum absolute atomic E-state index is 0.668. The molecule has 0 aliphatic carbocycles. The molecule has 2 aromatic rings. The van der Waals surface area contributed by atoms with Crippen molar-refractivity contribution in [3.63, 3.8) is 0 Å². The van der Waals surface area contributed by atoms with Crippen LogP contribution in [0.3, 0.4) is 0 Å². The van der Waals surface area contributed by atoms with Crippen molar-refractivity contribution in [1.82, 2.24) is 10.3 Å². The van der Waals surface area contributed by atoms with Crippen LogP contribution in [0.25, 0.3) is 0 Å². The average Bonchev–Trinajstić information content (AvgIpc) is 2.61. The molecule has 0 spiro atoms. The zero-order valence-corrected chi connectivity index (χ0v) is 13.7. The molecular formula is C17H22N4O2. The predicted octanol–water partition coefficient (Wildman–Crippen LogP) is 2.33. The van der Waals surface area contributed by atoms with Crippen molar-refractivity contribution < 1.29 is 9.47 Å². The summed E-state index contributed by atoms with van der Waals surface area (Å²) in [5.41, 5.74) is 1.91. The minimum Gasteiger partial charge on any atom is -0.493 e. The number of hydrogen-bond donors (Lipinski definition) is 2. The van der Waals surface area contributed by atoms with Gasteiger partial charge in [0.25, 0.3) is 0 Å². The van der Waals surface area contributed by atoms with Gasteiger partial charge in [-0.3, -0.25) is 9.98 Å². The van der Waals surface area contributed by atoms with Crippen molar-refractivity contribution in [1.29, 1.82) is 0 Å². The summed E-state index contributed by atoms with van der Waals surface area (Å²) in [5, 5.41) is 6.48. The van der Waals surface area contributed by atoms with Crippen LogP contribution in [-0.4, -0.2) is 38.8 Å². The van der Waals surface area contributed by atoms with E-state index in [9.17, 15) is 0 Å². The molecule has 122 valence electrons. The number of ether oxygens (including phenoxy) is 2. The molecule has 1 aromatic carbocycles. The third kappa shape index (κ3) is 4.88. The highest BCUT2D eigenvalue weighted by atomic mass is 16.5. The number of benzene rings is 1. The standard InChI is InChI=1S/C17H22N4O2/c1-18-17(20-11-9-13-6-4-5-10-19-13)21-14-7-8-15(22-2)16(12-14)23-3/h4-8,10,12H,9,11H2,1-3H3,(H2,18,20,21). The molecule has 1 aromatic heterocycles. The molecule has 0 unspecified atom stereocenters. The molecule has 0 aliphatic heterocycles. The maximum atomic E-state index is 5.30. The summed E-state index contributed by atoms with van der Waals surface area (Å²) in [7, 11) is 4.96. The number of anilines is 1. The number of pyridine rings is 1. The molecule has 0 saturated heterocycles. The van der Waals surface area contributed by atoms with E-state index in [1.165, 1.54) is 0 Å². The number of guanidine groups is 1. The SMILES string of the molecule is CN=C(NCCc1ccccn1)Nc1ccc(OC)c(OC)c1. The first-order valence-electron chi connectivity index (χ1n) is 7.36. The maximum absolute atomic E-state index is 5.30. The van der Waals surface area contributed by atoms with Gasteiger partial charge in [0.2, 0.25) is 0 Å². The van der Waals surface area contributed by atoms with E-state index in [0.717, 1.165) is 24.3 Å². The van der Waals surface area contributed by atoms with Gasteiger partial charge in [0.05, 0.1) is 14.2 Å². The van der Waals surface area contributed by atoms with Crippen molar-refractivity contribution in [3.8, 4) is 11.5 Å². The molecule has 6 nitrogen and oxygen atoms in total. The molecule has 6 heteroatoms. The van der Waals surface area contributed by atoms with Crippen LogP contribution in [0.2, 0.25) is 0 Å². The Hall–Kier alpha value is -2.76. The first-order valence-corrected chi connectivity index (χ1v) is 7.36. The van der Waals surface area contributed by atoms with Crippen molar-refractivity contribution in [2.45, 2.75) is 6.42 Å². The highest BCUT2D eigenvalue weighted by molar-refractivity contribution is 5.93. The Kier molecular flexibility index (Phi) is 6.23. The molecule has 0 aliphatic rings. The van der Waals surface area contributed by atoms with Crippen LogP contribution in [0.4, 0.5) is 5.69 Å². The Balaban J connectivity index is 1.92. The monoisotopic (exact) mass is 314 g/mol. The van der Waals surface area contributed by atoms with Crippen LogP contribution in [0.15, 0.2) is 47.6 Å². The van der Waals surface area contributed by atoms with Gasteiger partial charge < -0.3 is 20.1 Å². The number of methoxy groups -OCH3 is 2. The number of rotatable bonds is 6. The topological polar surface area (TPSA) is 67.8 Å². The van der Waals surface area contributed by atoms with Gasteiger partial charge in [0.1, 0.15) is 0 Å². The number of aromatic nitrogens is 1. The molecule has 0 saturated carbocycles. The molecule has 0 atom stereocenters. The zero-order chi connectivity index (χ0) is 16.5. The number of nitrogens with zero attached hydrogens (tertiary/aromatic N) is 2. The second kappa shape index (κ2) is 8.63. The summed E-state index contributed by atoms with van der Waals surface area (Å²) in [6.07, 6.45) is 2.62. The smallest absolute Gasteiger partial charge is 0.195 e. The molecular weight excluding hydrogens is 292 g/mol. The van der Waals surface area contributed by atoms with Gasteiger partial charge in [0.15, 0.2) is 17.5 Å². The fourth-order valence-electron chi connectivity index (χ4n) is 2.08. The lowest BCUT2D eigenvalue weighted by molar-refractivity contribution is 0.355. The first kappa shape index (κ1) is 16.6. The van der Waals surface area contributed by atoms with Gasteiger partial charge in [-0.2, -0.15) is 0 Å². The summed E-state index contributed by atoms with van der Waals surface area (Å²) >= 11 is 0. The highest BCUT2D eigenvalue weighted by Crippen LogP contribution is 2.29. The second-order valence-electron chi connectivity index (χ2n) is 4.76. The normalized spacial score (nSPS) is 11.0. The molecule has 23 heavy (non-hydrogen) atoms. The lowest BCUT2D eigenvalue weighted by Crippen LogP contribution is -2.32. The molecule has 0 fully saturated rings. The van der Waals surface area contributed by atoms with Gasteiger partial charge in [-0.25, -0.2) is 0 Å². The van der Waals surface area contributed by atoms with Crippen LogP contribution >= 0.6 is 0 Å². The minimum atomic E-state index is 0.668. The molecule has 2 N–H and O–H groups in total. The Morgan fingerprint density at radius 2 is 1.96 bits per heavy atom. The quantitative estimate of drug-likeness (QED) is 0.633. The first-order chi connectivity index (χ1) is 11.3. The average molecular weight is 314 g/mol. The lowest BCUT2D eigenvalue weighted by Gasteiger charge is -2.14. The number of nitrogens with one attached hydrogen (secondary N) is 2. The van der Waals surface area contributed by atoms with Crippen molar-refractivity contribution in [3.05, 3.63) is 48.3 Å². The van der Waals surface area contributed by atoms with Crippen LogP contribution in [-0.2, 0) is 6.42 Å². The maximum Gasteiger partial charge on any atom is 0.195 e. The molecule has 0 radical (unpaired) electrons. The summed E-state index contributed by atoms with van der Waals surface area (Å²) in [6, 6.07) is 11.5. The molecule has 0 amide bonds. The molecule has 2 rings (SSSR count). The predicted molar refractivity (Wildman–Crippen MR) is 92.5 cm³/mol. The molecule has 0 bridgehead atoms. The van der Waals surface area contributed by atoms with Crippen molar-refractivity contribution in [2.75, 3.05) is 33.1 Å². The largest absolute Gasteiger partial charge is 0.493 e. The summed E-state index contributed by atoms with van der Waals surface area (Å²) < 4.78 is 10.5. The van der Waals surface area contributed by atoms with Crippen LogP contribution in [0.5, 0.6) is 11.5 Å². The Labute approximate surface area is 136 Å². The van der Waals surface area contributed by atoms with Gasteiger partial charge in [-0.15, -0.1) is 0 Å². The van der Waals surface area contributed by atoms with Gasteiger partial charge in [-0.1, -0.05) is 6.07 Å². The fourth-order valence-corrected chi connectivity index (χ4v) is 2.08. The van der Waals surface area contributed by atoms with Gasteiger partial charge in [-0.05, 0) is 24.3 Å². The summed E-state index contributed by atoms with van der Waals surface area (Å²) in [6.45, 7) is 0.740.